The van der Waals surface area contributed by atoms with Gasteiger partial charge < -0.3 is 15.4 Å². The Labute approximate surface area is 102 Å². The first-order valence-corrected chi connectivity index (χ1v) is 5.88. The summed E-state index contributed by atoms with van der Waals surface area (Å²) in [5.74, 6) is -0.228. The quantitative estimate of drug-likeness (QED) is 0.467. The van der Waals surface area contributed by atoms with Gasteiger partial charge in [-0.2, -0.15) is 0 Å². The third-order valence-corrected chi connectivity index (χ3v) is 2.14. The average Bonchev–Trinajstić information content (AvgIpc) is 2.33. The molecule has 0 bridgehead atoms. The van der Waals surface area contributed by atoms with Gasteiger partial charge in [0.2, 0.25) is 11.8 Å². The van der Waals surface area contributed by atoms with Gasteiger partial charge in [0.05, 0.1) is 19.2 Å². The molecule has 0 heterocycles. The van der Waals surface area contributed by atoms with Gasteiger partial charge in [-0.25, -0.2) is 0 Å². The van der Waals surface area contributed by atoms with E-state index in [1.165, 1.54) is 0 Å². The maximum absolute atomic E-state index is 11.5. The number of carbonyl (C=O) groups excluding carboxylic acids is 2. The molecule has 0 saturated carbocycles. The predicted octanol–water partition coefficient (Wildman–Crippen LogP) is -0.747. The molecule has 0 rings (SSSR count). The summed E-state index contributed by atoms with van der Waals surface area (Å²) in [6.45, 7) is 5.47. The van der Waals surface area contributed by atoms with E-state index in [0.29, 0.717) is 19.7 Å². The summed E-state index contributed by atoms with van der Waals surface area (Å²) < 4.78 is 4.82. The molecule has 0 radical (unpaired) electrons. The van der Waals surface area contributed by atoms with Gasteiger partial charge in [0.1, 0.15) is 0 Å². The van der Waals surface area contributed by atoms with Gasteiger partial charge in [-0.15, -0.1) is 0 Å². The molecule has 6 nitrogen and oxygen atoms in total. The van der Waals surface area contributed by atoms with Crippen molar-refractivity contribution in [2.45, 2.75) is 26.3 Å². The Hall–Kier alpha value is -1.14. The van der Waals surface area contributed by atoms with Crippen molar-refractivity contribution in [3.63, 3.8) is 0 Å². The second kappa shape index (κ2) is 10.0. The van der Waals surface area contributed by atoms with E-state index in [9.17, 15) is 9.59 Å². The summed E-state index contributed by atoms with van der Waals surface area (Å²) in [5.41, 5.74) is 0. The van der Waals surface area contributed by atoms with E-state index < -0.39 is 0 Å². The Kier molecular flexibility index (Phi) is 9.37. The molecule has 100 valence electrons. The zero-order chi connectivity index (χ0) is 13.1. The molecule has 0 aromatic rings. The molecule has 0 aliphatic carbocycles. The minimum atomic E-state index is -0.390. The van der Waals surface area contributed by atoms with Gasteiger partial charge in [0.15, 0.2) is 0 Å². The zero-order valence-corrected chi connectivity index (χ0v) is 10.8. The Morgan fingerprint density at radius 2 is 1.94 bits per heavy atom. The van der Waals surface area contributed by atoms with Gasteiger partial charge in [-0.1, -0.05) is 6.92 Å². The normalized spacial score (nSPS) is 11.9. The highest BCUT2D eigenvalue weighted by molar-refractivity contribution is 5.83. The Morgan fingerprint density at radius 3 is 2.53 bits per heavy atom. The van der Waals surface area contributed by atoms with Gasteiger partial charge in [0.25, 0.3) is 0 Å². The van der Waals surface area contributed by atoms with E-state index in [1.807, 2.05) is 6.92 Å². The molecule has 0 aliphatic rings. The van der Waals surface area contributed by atoms with Crippen molar-refractivity contribution in [3.05, 3.63) is 0 Å². The van der Waals surface area contributed by atoms with Crippen LogP contribution in [0.1, 0.15) is 20.3 Å². The van der Waals surface area contributed by atoms with Crippen molar-refractivity contribution in [1.29, 1.82) is 0 Å². The van der Waals surface area contributed by atoms with E-state index in [1.54, 1.807) is 14.0 Å². The molecule has 0 aromatic heterocycles. The molecule has 0 saturated heterocycles. The minimum absolute atomic E-state index is 0.0941. The number of methoxy groups -OCH3 is 1. The molecular weight excluding hydrogens is 222 g/mol. The van der Waals surface area contributed by atoms with Crippen molar-refractivity contribution in [1.82, 2.24) is 16.0 Å². The maximum atomic E-state index is 11.5. The van der Waals surface area contributed by atoms with Crippen LogP contribution in [0.2, 0.25) is 0 Å². The number of carbonyl (C=O) groups is 2. The van der Waals surface area contributed by atoms with E-state index >= 15 is 0 Å². The SMILES string of the molecule is CCCNC(=O)CNC(C)C(=O)NCCOC. The van der Waals surface area contributed by atoms with E-state index in [-0.39, 0.29) is 24.4 Å². The fourth-order valence-electron chi connectivity index (χ4n) is 1.09. The molecule has 0 aliphatic heterocycles. The lowest BCUT2D eigenvalue weighted by atomic mass is 10.3. The third-order valence-electron chi connectivity index (χ3n) is 2.14. The van der Waals surface area contributed by atoms with Crippen LogP contribution in [0.15, 0.2) is 0 Å². The highest BCUT2D eigenvalue weighted by Gasteiger charge is 2.12. The molecule has 3 N–H and O–H groups in total. The summed E-state index contributed by atoms with van der Waals surface area (Å²) in [6, 6.07) is -0.390. The Bertz CT molecular complexity index is 234. The topological polar surface area (TPSA) is 79.5 Å². The molecule has 1 atom stereocenters. The third kappa shape index (κ3) is 8.65. The number of hydrogen-bond acceptors (Lipinski definition) is 4. The highest BCUT2D eigenvalue weighted by Crippen LogP contribution is 1.81. The lowest BCUT2D eigenvalue weighted by Crippen LogP contribution is -2.46. The predicted molar refractivity (Wildman–Crippen MR) is 65.7 cm³/mol. The fraction of sp³-hybridized carbons (Fsp3) is 0.818. The molecule has 6 heteroatoms. The minimum Gasteiger partial charge on any atom is -0.383 e. The fourth-order valence-corrected chi connectivity index (χ4v) is 1.09. The number of nitrogens with one attached hydrogen (secondary N) is 3. The Morgan fingerprint density at radius 1 is 1.24 bits per heavy atom. The Balaban J connectivity index is 3.65. The molecule has 0 fully saturated rings. The van der Waals surface area contributed by atoms with Crippen LogP contribution in [0.5, 0.6) is 0 Å². The van der Waals surface area contributed by atoms with Crippen LogP contribution < -0.4 is 16.0 Å². The number of rotatable bonds is 9. The summed E-state index contributed by atoms with van der Waals surface area (Å²) in [6.07, 6.45) is 0.902. The zero-order valence-electron chi connectivity index (χ0n) is 10.8. The van der Waals surface area contributed by atoms with Gasteiger partial charge >= 0.3 is 0 Å². The highest BCUT2D eigenvalue weighted by atomic mass is 16.5. The van der Waals surface area contributed by atoms with E-state index in [0.717, 1.165) is 6.42 Å². The first-order chi connectivity index (χ1) is 8.11. The monoisotopic (exact) mass is 245 g/mol. The van der Waals surface area contributed by atoms with Crippen LogP contribution in [-0.2, 0) is 14.3 Å². The van der Waals surface area contributed by atoms with Gasteiger partial charge in [0, 0.05) is 20.2 Å². The van der Waals surface area contributed by atoms with Crippen LogP contribution in [0, 0.1) is 0 Å². The van der Waals surface area contributed by atoms with E-state index in [2.05, 4.69) is 16.0 Å². The first-order valence-electron chi connectivity index (χ1n) is 5.88. The van der Waals surface area contributed by atoms with Crippen molar-refractivity contribution in [2.75, 3.05) is 33.4 Å². The number of amides is 2. The van der Waals surface area contributed by atoms with Gasteiger partial charge in [-0.05, 0) is 13.3 Å². The van der Waals surface area contributed by atoms with Crippen molar-refractivity contribution < 1.29 is 14.3 Å². The first kappa shape index (κ1) is 15.9. The second-order valence-electron chi connectivity index (χ2n) is 3.74. The molecule has 1 unspecified atom stereocenters. The van der Waals surface area contributed by atoms with Crippen molar-refractivity contribution in [2.24, 2.45) is 0 Å². The lowest BCUT2D eigenvalue weighted by Gasteiger charge is -2.13. The van der Waals surface area contributed by atoms with Crippen LogP contribution in [0.4, 0.5) is 0 Å². The van der Waals surface area contributed by atoms with Crippen LogP contribution >= 0.6 is 0 Å². The molecule has 0 spiro atoms. The molecule has 0 aromatic carbocycles. The smallest absolute Gasteiger partial charge is 0.236 e. The molecule has 2 amide bonds. The summed E-state index contributed by atoms with van der Waals surface area (Å²) in [7, 11) is 1.58. The summed E-state index contributed by atoms with van der Waals surface area (Å²) in [4.78, 5) is 22.7. The largest absolute Gasteiger partial charge is 0.383 e. The molecule has 17 heavy (non-hydrogen) atoms. The molecular formula is C11H23N3O3. The maximum Gasteiger partial charge on any atom is 0.236 e. The van der Waals surface area contributed by atoms with Crippen molar-refractivity contribution >= 4 is 11.8 Å². The van der Waals surface area contributed by atoms with Gasteiger partial charge in [-0.3, -0.25) is 14.9 Å². The van der Waals surface area contributed by atoms with Crippen LogP contribution in [0.25, 0.3) is 0 Å². The van der Waals surface area contributed by atoms with Crippen LogP contribution in [0.3, 0.4) is 0 Å². The van der Waals surface area contributed by atoms with Crippen molar-refractivity contribution in [3.8, 4) is 0 Å². The summed E-state index contributed by atoms with van der Waals surface area (Å²) >= 11 is 0. The average molecular weight is 245 g/mol. The lowest BCUT2D eigenvalue weighted by molar-refractivity contribution is -0.123. The number of hydrogen-bond donors (Lipinski definition) is 3. The second-order valence-corrected chi connectivity index (χ2v) is 3.74. The number of ether oxygens (including phenoxy) is 1. The van der Waals surface area contributed by atoms with Crippen LogP contribution in [-0.4, -0.2) is 51.2 Å². The standard InChI is InChI=1S/C11H23N3O3/c1-4-5-12-10(15)8-14-9(2)11(16)13-6-7-17-3/h9,14H,4-8H2,1-3H3,(H,12,15)(H,13,16). The van der Waals surface area contributed by atoms with E-state index in [4.69, 9.17) is 4.74 Å². The summed E-state index contributed by atoms with van der Waals surface area (Å²) in [5, 5.41) is 8.27.